The average molecular weight is 526 g/mol. The predicted octanol–water partition coefficient (Wildman–Crippen LogP) is 4.37. The lowest BCUT2D eigenvalue weighted by Crippen LogP contribution is -2.44. The third kappa shape index (κ3) is 3.41. The molecule has 0 spiro atoms. The van der Waals surface area contributed by atoms with E-state index in [1.54, 1.807) is 6.20 Å². The van der Waals surface area contributed by atoms with Crippen LogP contribution in [0.4, 0.5) is 5.82 Å². The Morgan fingerprint density at radius 2 is 2.29 bits per heavy atom. The molecule has 10 heteroatoms. The van der Waals surface area contributed by atoms with E-state index in [-0.39, 0.29) is 6.04 Å². The van der Waals surface area contributed by atoms with Crippen LogP contribution in [0.5, 0.6) is 0 Å². The molecule has 0 saturated carbocycles. The molecule has 4 heterocycles. The van der Waals surface area contributed by atoms with E-state index in [1.165, 1.54) is 11.5 Å². The molecule has 2 atom stereocenters. The second-order valence-electron chi connectivity index (χ2n) is 7.30. The van der Waals surface area contributed by atoms with Gasteiger partial charge in [0.15, 0.2) is 0 Å². The Kier molecular flexibility index (Phi) is 5.58. The largest absolute Gasteiger partial charge is 0.377 e. The molecule has 1 aliphatic rings. The first-order chi connectivity index (χ1) is 13.5. The van der Waals surface area contributed by atoms with E-state index in [0.29, 0.717) is 19.6 Å². The number of nitrogens with zero attached hydrogens (tertiary/aromatic N) is 6. The van der Waals surface area contributed by atoms with Crippen molar-refractivity contribution in [3.05, 3.63) is 23.9 Å². The Balaban J connectivity index is 1.96. The zero-order valence-electron chi connectivity index (χ0n) is 15.8. The van der Waals surface area contributed by atoms with Crippen molar-refractivity contribution in [3.8, 4) is 17.5 Å². The van der Waals surface area contributed by atoms with E-state index in [2.05, 4.69) is 51.1 Å². The number of nitriles is 1. The maximum absolute atomic E-state index is 9.80. The SMILES string of the molecule is C[C@@H]1COCCN1c1cc(C(C)(C)C#N)c2snc(-c3ccnn3PI)c2n1. The number of anilines is 1. The highest BCUT2D eigenvalue weighted by Gasteiger charge is 2.30. The Hall–Kier alpha value is -1.34. The first-order valence-electron chi connectivity index (χ1n) is 8.94. The van der Waals surface area contributed by atoms with Gasteiger partial charge in [-0.15, -0.1) is 0 Å². The summed E-state index contributed by atoms with van der Waals surface area (Å²) in [5.74, 6) is 0.881. The standard InChI is InChI=1S/C18H20IN6OPS/c1-11-9-26-7-6-24(11)14-8-12(18(2,3)10-20)17-16(22-14)15(23-28-17)13-4-5-21-25(13)27-19/h4-5,8,11,27H,6-7,9H2,1-3H3/t11-/m1/s1. The van der Waals surface area contributed by atoms with Crippen molar-refractivity contribution in [2.45, 2.75) is 32.2 Å². The predicted molar refractivity (Wildman–Crippen MR) is 123 cm³/mol. The molecule has 3 aromatic rings. The Morgan fingerprint density at radius 3 is 3.00 bits per heavy atom. The molecule has 0 bridgehead atoms. The summed E-state index contributed by atoms with van der Waals surface area (Å²) in [5, 5.41) is 14.2. The van der Waals surface area contributed by atoms with Gasteiger partial charge in [-0.3, -0.25) is 0 Å². The molecule has 7 nitrogen and oxygen atoms in total. The minimum atomic E-state index is -0.638. The molecule has 0 N–H and O–H groups in total. The number of halogens is 1. The fraction of sp³-hybridized carbons (Fsp3) is 0.444. The zero-order chi connectivity index (χ0) is 19.9. The molecule has 1 unspecified atom stereocenters. The molecule has 28 heavy (non-hydrogen) atoms. The highest BCUT2D eigenvalue weighted by atomic mass is 127. The fourth-order valence-corrected chi connectivity index (χ4v) is 5.90. The van der Waals surface area contributed by atoms with Crippen LogP contribution in [0.15, 0.2) is 18.3 Å². The van der Waals surface area contributed by atoms with Gasteiger partial charge in [-0.2, -0.15) is 14.7 Å². The Morgan fingerprint density at radius 1 is 1.46 bits per heavy atom. The molecule has 1 saturated heterocycles. The van der Waals surface area contributed by atoms with Crippen molar-refractivity contribution in [2.24, 2.45) is 0 Å². The van der Waals surface area contributed by atoms with Crippen molar-refractivity contribution >= 4 is 56.0 Å². The molecule has 0 aromatic carbocycles. The first kappa shape index (κ1) is 20.0. The highest BCUT2D eigenvalue weighted by Crippen LogP contribution is 2.40. The van der Waals surface area contributed by atoms with Gasteiger partial charge in [0.2, 0.25) is 0 Å². The monoisotopic (exact) mass is 526 g/mol. The fourth-order valence-electron chi connectivity index (χ4n) is 3.36. The number of rotatable bonds is 4. The normalized spacial score (nSPS) is 18.2. The molecular weight excluding hydrogens is 506 g/mol. The van der Waals surface area contributed by atoms with Gasteiger partial charge in [-0.25, -0.2) is 9.44 Å². The summed E-state index contributed by atoms with van der Waals surface area (Å²) in [6.07, 6.45) is 2.27. The number of hydrogen-bond acceptors (Lipinski definition) is 7. The highest BCUT2D eigenvalue weighted by molar-refractivity contribution is 14.2. The molecule has 3 aromatic heterocycles. The number of ether oxygens (including phenoxy) is 1. The second kappa shape index (κ2) is 7.82. The lowest BCUT2D eigenvalue weighted by atomic mass is 9.86. The number of pyridine rings is 1. The average Bonchev–Trinajstić information content (AvgIpc) is 3.33. The van der Waals surface area contributed by atoms with Crippen LogP contribution in [0, 0.1) is 11.3 Å². The van der Waals surface area contributed by atoms with Crippen molar-refractivity contribution in [1.82, 2.24) is 18.9 Å². The second-order valence-corrected chi connectivity index (χ2v) is 10.1. The zero-order valence-corrected chi connectivity index (χ0v) is 19.8. The summed E-state index contributed by atoms with van der Waals surface area (Å²) >= 11 is 3.72. The van der Waals surface area contributed by atoms with Crippen molar-refractivity contribution in [2.75, 3.05) is 24.7 Å². The van der Waals surface area contributed by atoms with Gasteiger partial charge >= 0.3 is 0 Å². The van der Waals surface area contributed by atoms with Gasteiger partial charge in [0, 0.05) is 12.7 Å². The maximum Gasteiger partial charge on any atom is 0.130 e. The third-order valence-electron chi connectivity index (χ3n) is 4.99. The smallest absolute Gasteiger partial charge is 0.130 e. The summed E-state index contributed by atoms with van der Waals surface area (Å²) in [4.78, 5) is 7.28. The van der Waals surface area contributed by atoms with Crippen molar-refractivity contribution < 1.29 is 4.74 Å². The number of aromatic nitrogens is 4. The van der Waals surface area contributed by atoms with E-state index in [9.17, 15) is 5.26 Å². The lowest BCUT2D eigenvalue weighted by molar-refractivity contribution is 0.0985. The summed E-state index contributed by atoms with van der Waals surface area (Å²) in [6.45, 7) is 8.17. The van der Waals surface area contributed by atoms with Crippen LogP contribution < -0.4 is 4.90 Å². The summed E-state index contributed by atoms with van der Waals surface area (Å²) < 4.78 is 13.2. The quantitative estimate of drug-likeness (QED) is 0.371. The molecule has 0 amide bonds. The van der Waals surface area contributed by atoms with Gasteiger partial charge in [-0.05, 0) is 72.0 Å². The summed E-state index contributed by atoms with van der Waals surface area (Å²) in [5.41, 5.74) is 2.97. The van der Waals surface area contributed by atoms with Crippen LogP contribution in [-0.4, -0.2) is 44.7 Å². The van der Waals surface area contributed by atoms with Gasteiger partial charge in [0.25, 0.3) is 0 Å². The van der Waals surface area contributed by atoms with Crippen LogP contribution in [0.25, 0.3) is 21.6 Å². The Bertz CT molecular complexity index is 1060. The third-order valence-corrected chi connectivity index (χ3v) is 7.75. The molecule has 0 radical (unpaired) electrons. The van der Waals surface area contributed by atoms with Crippen LogP contribution in [0.1, 0.15) is 26.3 Å². The molecule has 1 aliphatic heterocycles. The number of hydrogen-bond donors (Lipinski definition) is 0. The van der Waals surface area contributed by atoms with Gasteiger partial charge in [-0.1, -0.05) is 0 Å². The van der Waals surface area contributed by atoms with E-state index in [4.69, 9.17) is 14.1 Å². The first-order valence-corrected chi connectivity index (χ1v) is 13.8. The maximum atomic E-state index is 9.80. The minimum Gasteiger partial charge on any atom is -0.377 e. The molecule has 146 valence electrons. The van der Waals surface area contributed by atoms with Crippen LogP contribution in [-0.2, 0) is 10.2 Å². The summed E-state index contributed by atoms with van der Waals surface area (Å²) in [6, 6.07) is 6.71. The topological polar surface area (TPSA) is 79.9 Å². The van der Waals surface area contributed by atoms with Crippen molar-refractivity contribution in [3.63, 3.8) is 0 Å². The van der Waals surface area contributed by atoms with Crippen molar-refractivity contribution in [1.29, 1.82) is 5.26 Å². The number of fused-ring (bicyclic) bond motifs is 1. The minimum absolute atomic E-state index is 0.230. The van der Waals surface area contributed by atoms with E-state index < -0.39 is 5.41 Å². The van der Waals surface area contributed by atoms with Gasteiger partial charge in [0.1, 0.15) is 17.0 Å². The molecule has 4 rings (SSSR count). The van der Waals surface area contributed by atoms with E-state index in [1.807, 2.05) is 24.4 Å². The van der Waals surface area contributed by atoms with Crippen LogP contribution >= 0.6 is 39.9 Å². The molecule has 0 aliphatic carbocycles. The van der Waals surface area contributed by atoms with Gasteiger partial charge < -0.3 is 9.64 Å². The van der Waals surface area contributed by atoms with E-state index in [0.717, 1.165) is 39.5 Å². The van der Waals surface area contributed by atoms with E-state index >= 15 is 0 Å². The lowest BCUT2D eigenvalue weighted by Gasteiger charge is -2.35. The molecule has 1 fully saturated rings. The molecular formula is C18H20IN6OPS. The van der Waals surface area contributed by atoms with Crippen LogP contribution in [0.3, 0.4) is 0 Å². The Labute approximate surface area is 182 Å². The van der Waals surface area contributed by atoms with Gasteiger partial charge in [0.05, 0.1) is 47.5 Å². The van der Waals surface area contributed by atoms with Crippen LogP contribution in [0.2, 0.25) is 0 Å². The number of morpholine rings is 1. The summed E-state index contributed by atoms with van der Waals surface area (Å²) in [7, 11) is 0.